The Hall–Kier alpha value is -0.330. The minimum Gasteiger partial charge on any atom is -0.299 e. The van der Waals surface area contributed by atoms with Crippen molar-refractivity contribution in [2.24, 2.45) is 35.0 Å². The fourth-order valence-corrected chi connectivity index (χ4v) is 6.15. The van der Waals surface area contributed by atoms with Crippen molar-refractivity contribution in [3.05, 3.63) is 0 Å². The minimum atomic E-state index is 0.0680. The molecule has 1 nitrogen and oxygen atoms in total. The normalized spacial score (nSPS) is 49.8. The molecule has 0 saturated heterocycles. The van der Waals surface area contributed by atoms with E-state index < -0.39 is 0 Å². The van der Waals surface area contributed by atoms with Crippen molar-refractivity contribution in [3.8, 4) is 0 Å². The van der Waals surface area contributed by atoms with Gasteiger partial charge in [0.1, 0.15) is 5.78 Å². The first-order chi connectivity index (χ1) is 9.11. The summed E-state index contributed by atoms with van der Waals surface area (Å²) in [5, 5.41) is 0. The molecular formula is C18H30O. The topological polar surface area (TPSA) is 17.1 Å². The maximum absolute atomic E-state index is 12.3. The van der Waals surface area contributed by atoms with Gasteiger partial charge in [0.2, 0.25) is 0 Å². The molecule has 0 amide bonds. The molecule has 19 heavy (non-hydrogen) atoms. The molecule has 0 spiro atoms. The predicted octanol–water partition coefficient (Wildman–Crippen LogP) is 4.84. The van der Waals surface area contributed by atoms with E-state index in [1.807, 2.05) is 0 Å². The number of rotatable bonds is 2. The number of Topliss-reactive ketones (excluding diaryl/α,β-unsaturated/α-hetero) is 1. The van der Waals surface area contributed by atoms with E-state index in [0.29, 0.717) is 5.78 Å². The first-order valence-electron chi connectivity index (χ1n) is 8.65. The molecule has 6 atom stereocenters. The van der Waals surface area contributed by atoms with Gasteiger partial charge in [-0.25, -0.2) is 0 Å². The van der Waals surface area contributed by atoms with Gasteiger partial charge >= 0.3 is 0 Å². The lowest BCUT2D eigenvalue weighted by molar-refractivity contribution is -0.132. The Balaban J connectivity index is 1.85. The van der Waals surface area contributed by atoms with Crippen LogP contribution >= 0.6 is 0 Å². The third-order valence-corrected chi connectivity index (χ3v) is 7.22. The second-order valence-electron chi connectivity index (χ2n) is 7.67. The first-order valence-corrected chi connectivity index (χ1v) is 8.65. The van der Waals surface area contributed by atoms with Crippen molar-refractivity contribution < 1.29 is 4.79 Å². The van der Waals surface area contributed by atoms with E-state index in [1.54, 1.807) is 0 Å². The quantitative estimate of drug-likeness (QED) is 0.695. The zero-order valence-corrected chi connectivity index (χ0v) is 13.0. The Labute approximate surface area is 118 Å². The Morgan fingerprint density at radius 1 is 1.05 bits per heavy atom. The van der Waals surface area contributed by atoms with E-state index in [9.17, 15) is 4.79 Å². The van der Waals surface area contributed by atoms with Crippen LogP contribution < -0.4 is 0 Å². The molecule has 0 aromatic heterocycles. The number of ketones is 1. The number of carbonyl (C=O) groups is 1. The second-order valence-corrected chi connectivity index (χ2v) is 7.67. The summed E-state index contributed by atoms with van der Waals surface area (Å²) in [5.74, 6) is 5.04. The average molecular weight is 262 g/mol. The molecule has 0 radical (unpaired) electrons. The van der Waals surface area contributed by atoms with Gasteiger partial charge in [0.15, 0.2) is 0 Å². The average Bonchev–Trinajstić information content (AvgIpc) is 2.73. The van der Waals surface area contributed by atoms with Crippen molar-refractivity contribution in [1.82, 2.24) is 0 Å². The van der Waals surface area contributed by atoms with Crippen LogP contribution in [0.4, 0.5) is 0 Å². The van der Waals surface area contributed by atoms with Crippen LogP contribution in [-0.2, 0) is 4.79 Å². The van der Waals surface area contributed by atoms with Crippen molar-refractivity contribution in [1.29, 1.82) is 0 Å². The summed E-state index contributed by atoms with van der Waals surface area (Å²) < 4.78 is 0. The Morgan fingerprint density at radius 2 is 1.84 bits per heavy atom. The maximum atomic E-state index is 12.3. The summed E-state index contributed by atoms with van der Waals surface area (Å²) in [6, 6.07) is 0. The molecule has 6 unspecified atom stereocenters. The molecule has 0 N–H and O–H groups in total. The number of hydrogen-bond donors (Lipinski definition) is 0. The molecule has 3 aliphatic rings. The van der Waals surface area contributed by atoms with Crippen LogP contribution in [0.15, 0.2) is 0 Å². The van der Waals surface area contributed by atoms with Gasteiger partial charge < -0.3 is 0 Å². The van der Waals surface area contributed by atoms with Crippen LogP contribution in [-0.4, -0.2) is 5.78 Å². The summed E-state index contributed by atoms with van der Waals surface area (Å²) in [7, 11) is 0. The predicted molar refractivity (Wildman–Crippen MR) is 78.8 cm³/mol. The summed E-state index contributed by atoms with van der Waals surface area (Å²) in [6.07, 6.45) is 10.1. The van der Waals surface area contributed by atoms with Gasteiger partial charge in [-0.15, -0.1) is 0 Å². The van der Waals surface area contributed by atoms with Gasteiger partial charge in [-0.2, -0.15) is 0 Å². The van der Waals surface area contributed by atoms with Crippen molar-refractivity contribution >= 4 is 5.78 Å². The molecule has 3 fully saturated rings. The Bertz CT molecular complexity index is 361. The zero-order chi connectivity index (χ0) is 13.6. The third-order valence-electron chi connectivity index (χ3n) is 7.22. The molecule has 0 aliphatic heterocycles. The van der Waals surface area contributed by atoms with Crippen LogP contribution in [0.3, 0.4) is 0 Å². The van der Waals surface area contributed by atoms with Crippen LogP contribution in [0.5, 0.6) is 0 Å². The standard InChI is InChI=1S/C18H30O/c1-4-12-6-7-15-14(13(12)5-2)10-11-18(3)16(15)8-9-17(18)19/h12-16H,4-11H2,1-3H3. The van der Waals surface area contributed by atoms with Crippen LogP contribution in [0.25, 0.3) is 0 Å². The molecule has 0 heterocycles. The van der Waals surface area contributed by atoms with E-state index in [1.165, 1.54) is 44.9 Å². The highest BCUT2D eigenvalue weighted by molar-refractivity contribution is 5.87. The van der Waals surface area contributed by atoms with Crippen molar-refractivity contribution in [2.75, 3.05) is 0 Å². The van der Waals surface area contributed by atoms with Gasteiger partial charge in [0.05, 0.1) is 0 Å². The van der Waals surface area contributed by atoms with Crippen LogP contribution in [0.2, 0.25) is 0 Å². The fourth-order valence-electron chi connectivity index (χ4n) is 6.15. The van der Waals surface area contributed by atoms with Crippen molar-refractivity contribution in [3.63, 3.8) is 0 Å². The number of hydrogen-bond acceptors (Lipinski definition) is 1. The molecule has 0 aromatic carbocycles. The summed E-state index contributed by atoms with van der Waals surface area (Å²) in [4.78, 5) is 12.3. The fraction of sp³-hybridized carbons (Fsp3) is 0.944. The molecule has 0 bridgehead atoms. The highest BCUT2D eigenvalue weighted by Gasteiger charge is 2.55. The van der Waals surface area contributed by atoms with E-state index in [4.69, 9.17) is 0 Å². The third kappa shape index (κ3) is 1.91. The minimum absolute atomic E-state index is 0.0680. The number of carbonyl (C=O) groups excluding carboxylic acids is 1. The van der Waals surface area contributed by atoms with Gasteiger partial charge in [0.25, 0.3) is 0 Å². The molecule has 1 heteroatoms. The Kier molecular flexibility index (Phi) is 3.52. The van der Waals surface area contributed by atoms with E-state index >= 15 is 0 Å². The highest BCUT2D eigenvalue weighted by Crippen LogP contribution is 2.60. The molecular weight excluding hydrogens is 232 g/mol. The zero-order valence-electron chi connectivity index (χ0n) is 13.0. The van der Waals surface area contributed by atoms with Crippen LogP contribution in [0.1, 0.15) is 72.1 Å². The molecule has 108 valence electrons. The van der Waals surface area contributed by atoms with Gasteiger partial charge in [0, 0.05) is 11.8 Å². The molecule has 3 saturated carbocycles. The molecule has 3 aliphatic carbocycles. The summed E-state index contributed by atoms with van der Waals surface area (Å²) in [6.45, 7) is 7.05. The SMILES string of the molecule is CCC1CCC2C(CCC3(C)C(=O)CCC23)C1CC. The first kappa shape index (κ1) is 13.6. The lowest BCUT2D eigenvalue weighted by atomic mass is 9.52. The summed E-state index contributed by atoms with van der Waals surface area (Å²) in [5.41, 5.74) is 0.0680. The van der Waals surface area contributed by atoms with Gasteiger partial charge in [-0.3, -0.25) is 4.79 Å². The monoisotopic (exact) mass is 262 g/mol. The lowest BCUT2D eigenvalue weighted by Crippen LogP contribution is -2.47. The van der Waals surface area contributed by atoms with Gasteiger partial charge in [-0.1, -0.05) is 33.6 Å². The summed E-state index contributed by atoms with van der Waals surface area (Å²) >= 11 is 0. The maximum Gasteiger partial charge on any atom is 0.139 e. The second kappa shape index (κ2) is 4.90. The van der Waals surface area contributed by atoms with E-state index in [-0.39, 0.29) is 5.41 Å². The van der Waals surface area contributed by atoms with Gasteiger partial charge in [-0.05, 0) is 61.7 Å². The largest absolute Gasteiger partial charge is 0.299 e. The lowest BCUT2D eigenvalue weighted by Gasteiger charge is -2.52. The smallest absolute Gasteiger partial charge is 0.139 e. The Morgan fingerprint density at radius 3 is 2.53 bits per heavy atom. The van der Waals surface area contributed by atoms with Crippen LogP contribution in [0, 0.1) is 35.0 Å². The van der Waals surface area contributed by atoms with Crippen molar-refractivity contribution in [2.45, 2.75) is 72.1 Å². The number of fused-ring (bicyclic) bond motifs is 3. The molecule has 3 rings (SSSR count). The van der Waals surface area contributed by atoms with E-state index in [0.717, 1.165) is 36.0 Å². The highest BCUT2D eigenvalue weighted by atomic mass is 16.1. The molecule has 0 aromatic rings. The van der Waals surface area contributed by atoms with E-state index in [2.05, 4.69) is 20.8 Å².